The molecule has 0 aliphatic heterocycles. The van der Waals surface area contributed by atoms with Crippen molar-refractivity contribution < 1.29 is 4.74 Å². The lowest BCUT2D eigenvalue weighted by molar-refractivity contribution is 0.398. The predicted molar refractivity (Wildman–Crippen MR) is 65.9 cm³/mol. The number of rotatable bonds is 5. The molecule has 3 rings (SSSR count). The third-order valence-corrected chi connectivity index (χ3v) is 3.50. The Labute approximate surface area is 101 Å². The van der Waals surface area contributed by atoms with Gasteiger partial charge in [0.15, 0.2) is 0 Å². The van der Waals surface area contributed by atoms with E-state index in [9.17, 15) is 0 Å². The number of nitrogens with one attached hydrogen (secondary N) is 1. The smallest absolute Gasteiger partial charge is 0.225 e. The summed E-state index contributed by atoms with van der Waals surface area (Å²) >= 11 is 0. The van der Waals surface area contributed by atoms with Crippen LogP contribution in [0.15, 0.2) is 6.07 Å². The summed E-state index contributed by atoms with van der Waals surface area (Å²) in [6.45, 7) is 0. The number of hydrogen-bond acceptors (Lipinski definition) is 5. The quantitative estimate of drug-likeness (QED) is 0.810. The molecule has 1 aromatic heterocycles. The molecule has 2 saturated carbocycles. The van der Waals surface area contributed by atoms with Gasteiger partial charge in [0.05, 0.1) is 7.11 Å². The first-order valence-electron chi connectivity index (χ1n) is 6.21. The van der Waals surface area contributed by atoms with E-state index in [0.717, 1.165) is 17.7 Å². The summed E-state index contributed by atoms with van der Waals surface area (Å²) in [6, 6.07) is 2.38. The zero-order valence-corrected chi connectivity index (χ0v) is 10.0. The molecule has 2 aliphatic rings. The third kappa shape index (κ3) is 2.43. The fourth-order valence-electron chi connectivity index (χ4n) is 2.32. The van der Waals surface area contributed by atoms with Crippen molar-refractivity contribution in [2.45, 2.75) is 31.7 Å². The van der Waals surface area contributed by atoms with Gasteiger partial charge in [-0.25, -0.2) is 0 Å². The number of nitrogens with zero attached hydrogens (tertiary/aromatic N) is 2. The van der Waals surface area contributed by atoms with Crippen molar-refractivity contribution in [2.75, 3.05) is 18.2 Å². The first-order chi connectivity index (χ1) is 8.26. The van der Waals surface area contributed by atoms with Crippen molar-refractivity contribution in [2.24, 2.45) is 11.8 Å². The largest absolute Gasteiger partial charge is 0.481 e. The summed E-state index contributed by atoms with van der Waals surface area (Å²) in [5.41, 5.74) is 5.65. The van der Waals surface area contributed by atoms with E-state index in [1.165, 1.54) is 25.7 Å². The highest BCUT2D eigenvalue weighted by Gasteiger charge is 2.41. The lowest BCUT2D eigenvalue weighted by Gasteiger charge is -2.18. The van der Waals surface area contributed by atoms with Crippen LogP contribution in [0, 0.1) is 11.8 Å². The first kappa shape index (κ1) is 10.6. The van der Waals surface area contributed by atoms with E-state index in [1.54, 1.807) is 7.11 Å². The summed E-state index contributed by atoms with van der Waals surface area (Å²) in [7, 11) is 1.59. The lowest BCUT2D eigenvalue weighted by Crippen LogP contribution is -2.25. The maximum atomic E-state index is 5.65. The minimum Gasteiger partial charge on any atom is -0.481 e. The van der Waals surface area contributed by atoms with Crippen LogP contribution in [0.1, 0.15) is 25.7 Å². The van der Waals surface area contributed by atoms with Crippen LogP contribution in [0.5, 0.6) is 5.88 Å². The normalized spacial score (nSPS) is 19.4. The van der Waals surface area contributed by atoms with Crippen LogP contribution in [0.3, 0.4) is 0 Å². The van der Waals surface area contributed by atoms with Crippen molar-refractivity contribution >= 4 is 11.8 Å². The Bertz CT molecular complexity index is 403. The number of methoxy groups -OCH3 is 1. The standard InChI is InChI=1S/C12H18N4O/c1-17-10-6-9(15-12(13)16-10)14-11(7-2-3-7)8-4-5-8/h6-8,11H,2-5H2,1H3,(H3,13,14,15,16). The average Bonchev–Trinajstić information content (AvgIpc) is 3.16. The zero-order valence-electron chi connectivity index (χ0n) is 10.0. The fraction of sp³-hybridized carbons (Fsp3) is 0.667. The molecule has 0 spiro atoms. The number of hydrogen-bond donors (Lipinski definition) is 2. The van der Waals surface area contributed by atoms with Crippen LogP contribution in [-0.4, -0.2) is 23.1 Å². The highest BCUT2D eigenvalue weighted by molar-refractivity contribution is 5.44. The number of nitrogens with two attached hydrogens (primary N) is 1. The molecule has 0 amide bonds. The molecule has 1 heterocycles. The summed E-state index contributed by atoms with van der Waals surface area (Å²) in [4.78, 5) is 8.20. The Morgan fingerprint density at radius 2 is 1.94 bits per heavy atom. The Morgan fingerprint density at radius 1 is 1.29 bits per heavy atom. The van der Waals surface area contributed by atoms with Crippen molar-refractivity contribution in [1.29, 1.82) is 0 Å². The first-order valence-corrected chi connectivity index (χ1v) is 6.21. The van der Waals surface area contributed by atoms with Crippen molar-refractivity contribution in [3.05, 3.63) is 6.07 Å². The molecule has 3 N–H and O–H groups in total. The summed E-state index contributed by atoms with van der Waals surface area (Å²) < 4.78 is 5.10. The van der Waals surface area contributed by atoms with Crippen LogP contribution in [0.4, 0.5) is 11.8 Å². The molecule has 0 unspecified atom stereocenters. The van der Waals surface area contributed by atoms with Crippen LogP contribution in [0.2, 0.25) is 0 Å². The van der Waals surface area contributed by atoms with E-state index in [1.807, 2.05) is 6.07 Å². The van der Waals surface area contributed by atoms with Crippen LogP contribution < -0.4 is 15.8 Å². The maximum Gasteiger partial charge on any atom is 0.225 e. The Balaban J connectivity index is 1.76. The molecule has 5 nitrogen and oxygen atoms in total. The topological polar surface area (TPSA) is 73.1 Å². The number of ether oxygens (including phenoxy) is 1. The summed E-state index contributed by atoms with van der Waals surface area (Å²) in [5.74, 6) is 3.22. The van der Waals surface area contributed by atoms with Gasteiger partial charge in [0, 0.05) is 12.1 Å². The third-order valence-electron chi connectivity index (χ3n) is 3.50. The number of anilines is 2. The lowest BCUT2D eigenvalue weighted by atomic mass is 10.1. The molecule has 0 bridgehead atoms. The van der Waals surface area contributed by atoms with Crippen LogP contribution in [0.25, 0.3) is 0 Å². The van der Waals surface area contributed by atoms with Gasteiger partial charge in [0.1, 0.15) is 5.82 Å². The van der Waals surface area contributed by atoms with E-state index in [2.05, 4.69) is 15.3 Å². The van der Waals surface area contributed by atoms with Gasteiger partial charge < -0.3 is 15.8 Å². The van der Waals surface area contributed by atoms with E-state index >= 15 is 0 Å². The van der Waals surface area contributed by atoms with Crippen molar-refractivity contribution in [3.8, 4) is 5.88 Å². The minimum atomic E-state index is 0.261. The van der Waals surface area contributed by atoms with Gasteiger partial charge in [-0.3, -0.25) is 0 Å². The second-order valence-corrected chi connectivity index (χ2v) is 5.00. The van der Waals surface area contributed by atoms with E-state index in [-0.39, 0.29) is 5.95 Å². The van der Waals surface area contributed by atoms with Gasteiger partial charge in [-0.2, -0.15) is 9.97 Å². The van der Waals surface area contributed by atoms with Gasteiger partial charge in [-0.05, 0) is 37.5 Å². The minimum absolute atomic E-state index is 0.261. The highest BCUT2D eigenvalue weighted by Crippen LogP contribution is 2.45. The molecule has 5 heteroatoms. The number of nitrogen functional groups attached to an aromatic ring is 1. The van der Waals surface area contributed by atoms with Gasteiger partial charge in [0.2, 0.25) is 11.8 Å². The molecule has 2 aliphatic carbocycles. The summed E-state index contributed by atoms with van der Waals surface area (Å²) in [6.07, 6.45) is 5.36. The van der Waals surface area contributed by atoms with Crippen molar-refractivity contribution in [3.63, 3.8) is 0 Å². The van der Waals surface area contributed by atoms with Crippen molar-refractivity contribution in [1.82, 2.24) is 9.97 Å². The average molecular weight is 234 g/mol. The molecule has 1 aromatic rings. The second-order valence-electron chi connectivity index (χ2n) is 5.00. The molecule has 0 aromatic carbocycles. The molecule has 0 atom stereocenters. The SMILES string of the molecule is COc1cc(NC(C2CC2)C2CC2)nc(N)n1. The molecule has 92 valence electrons. The summed E-state index contributed by atoms with van der Waals surface area (Å²) in [5, 5.41) is 3.51. The van der Waals surface area contributed by atoms with Gasteiger partial charge in [-0.1, -0.05) is 0 Å². The van der Waals surface area contributed by atoms with Crippen LogP contribution in [-0.2, 0) is 0 Å². The Hall–Kier alpha value is -1.52. The molecular weight excluding hydrogens is 216 g/mol. The highest BCUT2D eigenvalue weighted by atomic mass is 16.5. The van der Waals surface area contributed by atoms with Gasteiger partial charge in [0.25, 0.3) is 0 Å². The predicted octanol–water partition coefficient (Wildman–Crippen LogP) is 1.67. The van der Waals surface area contributed by atoms with Gasteiger partial charge >= 0.3 is 0 Å². The maximum absolute atomic E-state index is 5.65. The van der Waals surface area contributed by atoms with Gasteiger partial charge in [-0.15, -0.1) is 0 Å². The van der Waals surface area contributed by atoms with E-state index in [4.69, 9.17) is 10.5 Å². The van der Waals surface area contributed by atoms with E-state index in [0.29, 0.717) is 11.9 Å². The van der Waals surface area contributed by atoms with E-state index < -0.39 is 0 Å². The molecule has 17 heavy (non-hydrogen) atoms. The second kappa shape index (κ2) is 4.05. The fourth-order valence-corrected chi connectivity index (χ4v) is 2.32. The molecular formula is C12H18N4O. The molecule has 0 saturated heterocycles. The number of aromatic nitrogens is 2. The Kier molecular flexibility index (Phi) is 2.53. The Morgan fingerprint density at radius 3 is 2.47 bits per heavy atom. The monoisotopic (exact) mass is 234 g/mol. The molecule has 0 radical (unpaired) electrons. The van der Waals surface area contributed by atoms with Crippen LogP contribution >= 0.6 is 0 Å². The zero-order chi connectivity index (χ0) is 11.8. The molecule has 2 fully saturated rings.